The van der Waals surface area contributed by atoms with Crippen molar-refractivity contribution >= 4 is 21.7 Å². The Bertz CT molecular complexity index is 1090. The van der Waals surface area contributed by atoms with Crippen LogP contribution in [0.1, 0.15) is 41.7 Å². The molecule has 3 rings (SSSR count). The summed E-state index contributed by atoms with van der Waals surface area (Å²) in [5.41, 5.74) is 1.23. The molecule has 0 saturated carbocycles. The topological polar surface area (TPSA) is 86.8 Å². The molecular weight excluding hydrogens is 445 g/mol. The summed E-state index contributed by atoms with van der Waals surface area (Å²) in [7, 11) is 0.0556. The monoisotopic (exact) mass is 475 g/mol. The zero-order valence-corrected chi connectivity index (χ0v) is 19.9. The first-order valence-corrected chi connectivity index (χ1v) is 12.3. The van der Waals surface area contributed by atoms with Gasteiger partial charge in [-0.2, -0.15) is 4.31 Å². The molecule has 1 aliphatic heterocycles. The fourth-order valence-corrected chi connectivity index (χ4v) is 5.49. The fraction of sp³-hybridized carbons (Fsp3) is 0.417. The van der Waals surface area contributed by atoms with Crippen molar-refractivity contribution in [1.29, 1.82) is 0 Å². The van der Waals surface area contributed by atoms with Crippen LogP contribution < -0.4 is 5.32 Å². The molecule has 0 aromatic heterocycles. The van der Waals surface area contributed by atoms with E-state index in [4.69, 9.17) is 0 Å². The number of nitrogens with zero attached hydrogens (tertiary/aromatic N) is 2. The number of halogens is 1. The van der Waals surface area contributed by atoms with Gasteiger partial charge >= 0.3 is 0 Å². The van der Waals surface area contributed by atoms with E-state index >= 15 is 0 Å². The second-order valence-electron chi connectivity index (χ2n) is 8.54. The van der Waals surface area contributed by atoms with Gasteiger partial charge < -0.3 is 10.2 Å². The number of hydrogen-bond donors (Lipinski definition) is 1. The van der Waals surface area contributed by atoms with Crippen molar-refractivity contribution < 1.29 is 22.4 Å². The number of carbonyl (C=O) groups excluding carboxylic acids is 2. The summed E-state index contributed by atoms with van der Waals surface area (Å²) in [5, 5.41) is 2.95. The van der Waals surface area contributed by atoms with E-state index < -0.39 is 10.0 Å². The Morgan fingerprint density at radius 2 is 1.76 bits per heavy atom. The van der Waals surface area contributed by atoms with Gasteiger partial charge in [0.25, 0.3) is 0 Å². The molecular formula is C24H30FN3O4S. The van der Waals surface area contributed by atoms with Gasteiger partial charge in [-0.3, -0.25) is 9.59 Å². The molecule has 178 valence electrons. The van der Waals surface area contributed by atoms with Gasteiger partial charge in [0, 0.05) is 31.1 Å². The molecule has 1 heterocycles. The van der Waals surface area contributed by atoms with E-state index in [0.29, 0.717) is 24.9 Å². The van der Waals surface area contributed by atoms with Crippen LogP contribution in [0.3, 0.4) is 0 Å². The van der Waals surface area contributed by atoms with Gasteiger partial charge in [-0.1, -0.05) is 24.3 Å². The van der Waals surface area contributed by atoms with Crippen LogP contribution in [0.5, 0.6) is 0 Å². The van der Waals surface area contributed by atoms with Gasteiger partial charge in [-0.05, 0) is 63.7 Å². The molecule has 1 amide bonds. The number of Topliss-reactive ketones (excluding diaryl/α,β-unsaturated/α-hetero) is 1. The van der Waals surface area contributed by atoms with Gasteiger partial charge in [0.1, 0.15) is 5.82 Å². The van der Waals surface area contributed by atoms with Gasteiger partial charge in [0.05, 0.1) is 10.9 Å². The summed E-state index contributed by atoms with van der Waals surface area (Å²) in [6.07, 6.45) is 0.840. The summed E-state index contributed by atoms with van der Waals surface area (Å²) in [6.45, 7) is 2.25. The lowest BCUT2D eigenvalue weighted by molar-refractivity contribution is -0.126. The average Bonchev–Trinajstić information content (AvgIpc) is 2.79. The Balaban J connectivity index is 1.57. The number of hydrogen-bond acceptors (Lipinski definition) is 5. The third-order valence-corrected chi connectivity index (χ3v) is 7.96. The van der Waals surface area contributed by atoms with E-state index in [9.17, 15) is 22.4 Å². The molecule has 1 saturated heterocycles. The Hall–Kier alpha value is -2.62. The van der Waals surface area contributed by atoms with Crippen molar-refractivity contribution in [3.8, 4) is 0 Å². The van der Waals surface area contributed by atoms with Crippen molar-refractivity contribution in [2.24, 2.45) is 5.92 Å². The molecule has 33 heavy (non-hydrogen) atoms. The van der Waals surface area contributed by atoms with Gasteiger partial charge in [-0.15, -0.1) is 0 Å². The third kappa shape index (κ3) is 6.04. The number of ketones is 1. The zero-order chi connectivity index (χ0) is 24.2. The van der Waals surface area contributed by atoms with Crippen LogP contribution in [0.4, 0.5) is 4.39 Å². The predicted molar refractivity (Wildman–Crippen MR) is 124 cm³/mol. The van der Waals surface area contributed by atoms with Gasteiger partial charge in [0.15, 0.2) is 5.78 Å². The number of rotatable bonds is 8. The third-order valence-electron chi connectivity index (χ3n) is 6.05. The molecule has 2 aromatic rings. The van der Waals surface area contributed by atoms with Crippen molar-refractivity contribution in [2.45, 2.75) is 30.7 Å². The first kappa shape index (κ1) is 25.0. The summed E-state index contributed by atoms with van der Waals surface area (Å²) in [5.74, 6) is -0.858. The van der Waals surface area contributed by atoms with Gasteiger partial charge in [-0.25, -0.2) is 12.8 Å². The Kier molecular flexibility index (Phi) is 7.99. The van der Waals surface area contributed by atoms with Crippen LogP contribution in [0.25, 0.3) is 0 Å². The highest BCUT2D eigenvalue weighted by Gasteiger charge is 2.32. The minimum absolute atomic E-state index is 0.124. The molecule has 0 aliphatic carbocycles. The molecule has 2 aromatic carbocycles. The molecule has 1 fully saturated rings. The number of amides is 1. The van der Waals surface area contributed by atoms with Crippen molar-refractivity contribution in [1.82, 2.24) is 14.5 Å². The van der Waals surface area contributed by atoms with Crippen molar-refractivity contribution in [2.75, 3.05) is 33.7 Å². The highest BCUT2D eigenvalue weighted by atomic mass is 32.2. The molecule has 1 N–H and O–H groups in total. The summed E-state index contributed by atoms with van der Waals surface area (Å²) < 4.78 is 40.8. The maximum absolute atomic E-state index is 13.6. The van der Waals surface area contributed by atoms with Crippen LogP contribution in [0, 0.1) is 11.7 Å². The summed E-state index contributed by atoms with van der Waals surface area (Å²) >= 11 is 0. The van der Waals surface area contributed by atoms with Crippen LogP contribution >= 0.6 is 0 Å². The molecule has 1 aliphatic rings. The maximum atomic E-state index is 13.6. The second kappa shape index (κ2) is 10.5. The fourth-order valence-electron chi connectivity index (χ4n) is 4.02. The largest absolute Gasteiger partial charge is 0.354 e. The van der Waals surface area contributed by atoms with Crippen LogP contribution in [0.15, 0.2) is 53.4 Å². The van der Waals surface area contributed by atoms with E-state index in [1.165, 1.54) is 47.6 Å². The highest BCUT2D eigenvalue weighted by Crippen LogP contribution is 2.25. The number of piperidine rings is 1. The van der Waals surface area contributed by atoms with Crippen LogP contribution in [0.2, 0.25) is 0 Å². The molecule has 0 spiro atoms. The second-order valence-corrected chi connectivity index (χ2v) is 10.5. The number of sulfonamides is 1. The molecule has 9 heteroatoms. The lowest BCUT2D eigenvalue weighted by Crippen LogP contribution is -2.44. The van der Waals surface area contributed by atoms with E-state index in [0.717, 1.165) is 5.56 Å². The van der Waals surface area contributed by atoms with E-state index in [1.807, 2.05) is 25.1 Å². The SMILES string of the molecule is CC(=O)c1ccc(S(=O)(=O)N2CCC(C(=O)NCC(c3cccc(F)c3)N(C)C)CC2)cc1. The first-order chi connectivity index (χ1) is 15.6. The number of nitrogens with one attached hydrogen (secondary N) is 1. The summed E-state index contributed by atoms with van der Waals surface area (Å²) in [4.78, 5) is 26.2. The Morgan fingerprint density at radius 3 is 2.30 bits per heavy atom. The molecule has 0 radical (unpaired) electrons. The van der Waals surface area contributed by atoms with E-state index in [1.54, 1.807) is 6.07 Å². The molecule has 0 bridgehead atoms. The quantitative estimate of drug-likeness (QED) is 0.594. The normalized spacial score (nSPS) is 16.5. The molecule has 1 unspecified atom stereocenters. The standard InChI is InChI=1S/C24H30FN3O4S/c1-17(29)18-7-9-22(10-8-18)33(31,32)28-13-11-19(12-14-28)24(30)26-16-23(27(2)3)20-5-4-6-21(25)15-20/h4-10,15,19,23H,11-14,16H2,1-3H3,(H,26,30). The Morgan fingerprint density at radius 1 is 1.12 bits per heavy atom. The molecule has 7 nitrogen and oxygen atoms in total. The first-order valence-electron chi connectivity index (χ1n) is 10.9. The minimum atomic E-state index is -3.68. The average molecular weight is 476 g/mol. The lowest BCUT2D eigenvalue weighted by atomic mass is 9.97. The van der Waals surface area contributed by atoms with E-state index in [-0.39, 0.29) is 47.5 Å². The van der Waals surface area contributed by atoms with Crippen molar-refractivity contribution in [3.63, 3.8) is 0 Å². The summed E-state index contributed by atoms with van der Waals surface area (Å²) in [6, 6.07) is 12.0. The Labute approximate surface area is 194 Å². The van der Waals surface area contributed by atoms with Gasteiger partial charge in [0.2, 0.25) is 15.9 Å². The zero-order valence-electron chi connectivity index (χ0n) is 19.1. The smallest absolute Gasteiger partial charge is 0.243 e. The molecule has 1 atom stereocenters. The van der Waals surface area contributed by atoms with Crippen molar-refractivity contribution in [3.05, 3.63) is 65.5 Å². The number of likely N-dealkylation sites (N-methyl/N-ethyl adjacent to an activating group) is 1. The highest BCUT2D eigenvalue weighted by molar-refractivity contribution is 7.89. The number of benzene rings is 2. The van der Waals surface area contributed by atoms with Crippen LogP contribution in [-0.2, 0) is 14.8 Å². The number of carbonyl (C=O) groups is 2. The predicted octanol–water partition coefficient (Wildman–Crippen LogP) is 2.85. The van der Waals surface area contributed by atoms with Crippen LogP contribution in [-0.4, -0.2) is 63.0 Å². The lowest BCUT2D eigenvalue weighted by Gasteiger charge is -2.31. The minimum Gasteiger partial charge on any atom is -0.354 e. The van der Waals surface area contributed by atoms with E-state index in [2.05, 4.69) is 5.32 Å². The maximum Gasteiger partial charge on any atom is 0.243 e.